The average Bonchev–Trinajstić information content (AvgIpc) is 2.83. The molecule has 0 saturated heterocycles. The van der Waals surface area contributed by atoms with Crippen LogP contribution in [0.3, 0.4) is 0 Å². The molecule has 3 aromatic rings. The molecule has 0 atom stereocenters. The van der Waals surface area contributed by atoms with Gasteiger partial charge in [0.15, 0.2) is 5.58 Å². The molecule has 0 aliphatic heterocycles. The zero-order valence-electron chi connectivity index (χ0n) is 11.6. The number of nitrogens with zero attached hydrogens (tertiary/aromatic N) is 1. The second-order valence-corrected chi connectivity index (χ2v) is 4.77. The summed E-state index contributed by atoms with van der Waals surface area (Å²) in [6.45, 7) is 0.163. The number of aromatic nitrogens is 1. The van der Waals surface area contributed by atoms with E-state index in [4.69, 9.17) is 4.42 Å². The maximum atomic E-state index is 13.5. The molecular weight excluding hydrogens is 287 g/mol. The minimum Gasteiger partial charge on any atom is -0.408 e. The van der Waals surface area contributed by atoms with Crippen molar-refractivity contribution in [1.29, 1.82) is 0 Å². The fourth-order valence-electron chi connectivity index (χ4n) is 2.21. The van der Waals surface area contributed by atoms with Gasteiger partial charge >= 0.3 is 5.76 Å². The molecule has 0 aliphatic rings. The lowest BCUT2D eigenvalue weighted by Gasteiger charge is -2.06. The number of para-hydroxylation sites is 3. The number of nitrogens with one attached hydrogen (secondary N) is 1. The second-order valence-electron chi connectivity index (χ2n) is 4.77. The van der Waals surface area contributed by atoms with Gasteiger partial charge in [-0.1, -0.05) is 24.3 Å². The predicted molar refractivity (Wildman–Crippen MR) is 80.1 cm³/mol. The standard InChI is InChI=1S/C16H13FN2O3/c17-11-5-1-2-6-12(11)18-15(20)9-10-19-13-7-3-4-8-14(13)22-16(19)21/h1-8H,9-10H2,(H,18,20). The van der Waals surface area contributed by atoms with Gasteiger partial charge in [0.25, 0.3) is 0 Å². The molecule has 0 fully saturated rings. The lowest BCUT2D eigenvalue weighted by molar-refractivity contribution is -0.116. The van der Waals surface area contributed by atoms with Gasteiger partial charge in [-0.25, -0.2) is 9.18 Å². The molecule has 22 heavy (non-hydrogen) atoms. The lowest BCUT2D eigenvalue weighted by atomic mass is 10.3. The maximum absolute atomic E-state index is 13.5. The quantitative estimate of drug-likeness (QED) is 0.805. The highest BCUT2D eigenvalue weighted by molar-refractivity contribution is 5.90. The van der Waals surface area contributed by atoms with Gasteiger partial charge in [-0.3, -0.25) is 9.36 Å². The molecule has 1 heterocycles. The number of hydrogen-bond donors (Lipinski definition) is 1. The van der Waals surface area contributed by atoms with Crippen LogP contribution < -0.4 is 11.1 Å². The number of oxazole rings is 1. The first-order valence-electron chi connectivity index (χ1n) is 6.78. The largest absolute Gasteiger partial charge is 0.419 e. The number of fused-ring (bicyclic) bond motifs is 1. The highest BCUT2D eigenvalue weighted by atomic mass is 19.1. The molecule has 3 rings (SSSR count). The molecule has 0 bridgehead atoms. The maximum Gasteiger partial charge on any atom is 0.419 e. The van der Waals surface area contributed by atoms with E-state index in [9.17, 15) is 14.0 Å². The molecular formula is C16H13FN2O3. The van der Waals surface area contributed by atoms with Crippen molar-refractivity contribution in [2.45, 2.75) is 13.0 Å². The highest BCUT2D eigenvalue weighted by Crippen LogP contribution is 2.14. The number of carbonyl (C=O) groups excluding carboxylic acids is 1. The minimum atomic E-state index is -0.514. The smallest absolute Gasteiger partial charge is 0.408 e. The summed E-state index contributed by atoms with van der Waals surface area (Å²) in [5.74, 6) is -1.39. The summed E-state index contributed by atoms with van der Waals surface area (Å²) >= 11 is 0. The number of rotatable bonds is 4. The molecule has 2 aromatic carbocycles. The monoisotopic (exact) mass is 300 g/mol. The summed E-state index contributed by atoms with van der Waals surface area (Å²) < 4.78 is 19.9. The molecule has 5 nitrogen and oxygen atoms in total. The number of anilines is 1. The van der Waals surface area contributed by atoms with Crippen LogP contribution in [0.2, 0.25) is 0 Å². The van der Waals surface area contributed by atoms with Crippen LogP contribution in [0.15, 0.2) is 57.7 Å². The molecule has 0 saturated carbocycles. The van der Waals surface area contributed by atoms with Crippen molar-refractivity contribution < 1.29 is 13.6 Å². The Bertz CT molecular complexity index is 882. The summed E-state index contributed by atoms with van der Waals surface area (Å²) in [4.78, 5) is 23.7. The fraction of sp³-hybridized carbons (Fsp3) is 0.125. The Morgan fingerprint density at radius 2 is 1.86 bits per heavy atom. The molecule has 0 unspecified atom stereocenters. The van der Waals surface area contributed by atoms with Crippen molar-refractivity contribution in [3.8, 4) is 0 Å². The predicted octanol–water partition coefficient (Wildman–Crippen LogP) is 2.76. The van der Waals surface area contributed by atoms with E-state index in [1.807, 2.05) is 0 Å². The summed E-state index contributed by atoms with van der Waals surface area (Å²) in [6, 6.07) is 12.9. The molecule has 112 valence electrons. The number of halogens is 1. The first-order valence-corrected chi connectivity index (χ1v) is 6.78. The van der Waals surface area contributed by atoms with Crippen LogP contribution in [0, 0.1) is 5.82 Å². The van der Waals surface area contributed by atoms with Crippen LogP contribution in [-0.4, -0.2) is 10.5 Å². The van der Waals surface area contributed by atoms with Crippen LogP contribution in [0.1, 0.15) is 6.42 Å². The van der Waals surface area contributed by atoms with E-state index in [1.54, 1.807) is 36.4 Å². The third kappa shape index (κ3) is 2.76. The molecule has 0 aliphatic carbocycles. The number of aryl methyl sites for hydroxylation is 1. The van der Waals surface area contributed by atoms with Gasteiger partial charge in [-0.15, -0.1) is 0 Å². The molecule has 1 amide bonds. The molecule has 0 radical (unpaired) electrons. The van der Waals surface area contributed by atoms with Gasteiger partial charge in [0, 0.05) is 13.0 Å². The van der Waals surface area contributed by atoms with Gasteiger partial charge in [-0.2, -0.15) is 0 Å². The van der Waals surface area contributed by atoms with Crippen molar-refractivity contribution in [1.82, 2.24) is 4.57 Å². The third-order valence-electron chi connectivity index (χ3n) is 3.28. The molecule has 0 spiro atoms. The Morgan fingerprint density at radius 3 is 2.68 bits per heavy atom. The lowest BCUT2D eigenvalue weighted by Crippen LogP contribution is -2.20. The normalized spacial score (nSPS) is 10.8. The van der Waals surface area contributed by atoms with Crippen molar-refractivity contribution >= 4 is 22.7 Å². The molecule has 1 N–H and O–H groups in total. The second kappa shape index (κ2) is 5.85. The summed E-state index contributed by atoms with van der Waals surface area (Å²) in [7, 11) is 0. The number of hydrogen-bond acceptors (Lipinski definition) is 3. The van der Waals surface area contributed by atoms with E-state index >= 15 is 0 Å². The van der Waals surface area contributed by atoms with Gasteiger partial charge in [0.1, 0.15) is 5.82 Å². The summed E-state index contributed by atoms with van der Waals surface area (Å²) in [5.41, 5.74) is 1.23. The van der Waals surface area contributed by atoms with E-state index in [0.29, 0.717) is 11.1 Å². The highest BCUT2D eigenvalue weighted by Gasteiger charge is 2.11. The first-order chi connectivity index (χ1) is 10.6. The van der Waals surface area contributed by atoms with Gasteiger partial charge in [0.05, 0.1) is 11.2 Å². The first kappa shape index (κ1) is 14.1. The van der Waals surface area contributed by atoms with Crippen molar-refractivity contribution in [2.24, 2.45) is 0 Å². The zero-order valence-corrected chi connectivity index (χ0v) is 11.6. The number of carbonyl (C=O) groups is 1. The topological polar surface area (TPSA) is 64.2 Å². The Morgan fingerprint density at radius 1 is 1.14 bits per heavy atom. The summed E-state index contributed by atoms with van der Waals surface area (Å²) in [6.07, 6.45) is 0.0395. The van der Waals surface area contributed by atoms with Crippen molar-refractivity contribution in [3.63, 3.8) is 0 Å². The van der Waals surface area contributed by atoms with Crippen molar-refractivity contribution in [3.05, 3.63) is 64.9 Å². The number of benzene rings is 2. The van der Waals surface area contributed by atoms with E-state index in [1.165, 1.54) is 16.7 Å². The van der Waals surface area contributed by atoms with E-state index in [2.05, 4.69) is 5.32 Å². The van der Waals surface area contributed by atoms with E-state index in [-0.39, 0.29) is 24.6 Å². The van der Waals surface area contributed by atoms with E-state index < -0.39 is 11.6 Å². The minimum absolute atomic E-state index is 0.0395. The molecule has 6 heteroatoms. The Kier molecular flexibility index (Phi) is 3.74. The van der Waals surface area contributed by atoms with Crippen LogP contribution in [0.4, 0.5) is 10.1 Å². The Labute approximate surface area is 125 Å². The van der Waals surface area contributed by atoms with E-state index in [0.717, 1.165) is 0 Å². The van der Waals surface area contributed by atoms with Crippen LogP contribution in [-0.2, 0) is 11.3 Å². The summed E-state index contributed by atoms with van der Waals surface area (Å²) in [5, 5.41) is 2.48. The zero-order chi connectivity index (χ0) is 15.5. The molecule has 1 aromatic heterocycles. The van der Waals surface area contributed by atoms with Crippen LogP contribution >= 0.6 is 0 Å². The third-order valence-corrected chi connectivity index (χ3v) is 3.28. The van der Waals surface area contributed by atoms with Gasteiger partial charge in [0.2, 0.25) is 5.91 Å². The fourth-order valence-corrected chi connectivity index (χ4v) is 2.21. The van der Waals surface area contributed by atoms with Crippen molar-refractivity contribution in [2.75, 3.05) is 5.32 Å². The number of amides is 1. The van der Waals surface area contributed by atoms with Crippen LogP contribution in [0.25, 0.3) is 11.1 Å². The van der Waals surface area contributed by atoms with Gasteiger partial charge < -0.3 is 9.73 Å². The Hall–Kier alpha value is -2.89. The van der Waals surface area contributed by atoms with Crippen LogP contribution in [0.5, 0.6) is 0 Å². The Balaban J connectivity index is 1.72. The van der Waals surface area contributed by atoms with Gasteiger partial charge in [-0.05, 0) is 24.3 Å². The SMILES string of the molecule is O=C(CCn1c(=O)oc2ccccc21)Nc1ccccc1F. The average molecular weight is 300 g/mol.